The molecule has 11 rings (SSSR count). The topological polar surface area (TPSA) is 19.6 Å². The van der Waals surface area contributed by atoms with Gasteiger partial charge in [0, 0.05) is 44.6 Å². The highest BCUT2D eigenvalue weighted by molar-refractivity contribution is 6.93. The summed E-state index contributed by atoms with van der Waals surface area (Å²) >= 11 is 0. The molecule has 0 N–H and O–H groups in total. The molecule has 0 amide bonds. The SMILES string of the molecule is CCCCc1ccc(N2B3c4cc5oc6ccccc6c5cc4N(c4ccc(CCCC)cc4-c4ccccc4)c4cc(-c5c(C)cc(C)cc5C)cc(c43)-c3ccccc32)cc1. The molecule has 0 fully saturated rings. The largest absolute Gasteiger partial charge is 0.456 e. The number of para-hydroxylation sites is 2. The molecular weight excluding hydrogens is 763 g/mol. The molecular formula is C59H53BN2O. The lowest BCUT2D eigenvalue weighted by molar-refractivity contribution is 0.669. The van der Waals surface area contributed by atoms with Gasteiger partial charge < -0.3 is 14.1 Å². The average molecular weight is 817 g/mol. The third-order valence-corrected chi connectivity index (χ3v) is 13.7. The van der Waals surface area contributed by atoms with Gasteiger partial charge in [-0.05, 0) is 163 Å². The van der Waals surface area contributed by atoms with Gasteiger partial charge in [0.1, 0.15) is 11.2 Å². The highest BCUT2D eigenvalue weighted by atomic mass is 16.3. The van der Waals surface area contributed by atoms with Gasteiger partial charge in [0.15, 0.2) is 0 Å². The van der Waals surface area contributed by atoms with E-state index < -0.39 is 0 Å². The first-order valence-corrected chi connectivity index (χ1v) is 23.1. The number of anilines is 5. The van der Waals surface area contributed by atoms with Gasteiger partial charge in [-0.3, -0.25) is 0 Å². The van der Waals surface area contributed by atoms with Gasteiger partial charge in [-0.2, -0.15) is 0 Å². The van der Waals surface area contributed by atoms with Gasteiger partial charge in [0.25, 0.3) is 0 Å². The Hall–Kier alpha value is -6.78. The van der Waals surface area contributed by atoms with E-state index in [0.717, 1.165) is 47.6 Å². The maximum absolute atomic E-state index is 6.77. The predicted octanol–water partition coefficient (Wildman–Crippen LogP) is 15.2. The molecule has 0 spiro atoms. The van der Waals surface area contributed by atoms with Crippen molar-refractivity contribution >= 4 is 68.1 Å². The minimum Gasteiger partial charge on any atom is -0.456 e. The van der Waals surface area contributed by atoms with Gasteiger partial charge >= 0.3 is 6.85 Å². The Morgan fingerprint density at radius 1 is 0.492 bits per heavy atom. The lowest BCUT2D eigenvalue weighted by Crippen LogP contribution is -2.61. The molecule has 0 radical (unpaired) electrons. The molecule has 0 aliphatic carbocycles. The third kappa shape index (κ3) is 6.58. The van der Waals surface area contributed by atoms with Crippen LogP contribution in [0.3, 0.4) is 0 Å². The van der Waals surface area contributed by atoms with E-state index >= 15 is 0 Å². The molecule has 0 saturated heterocycles. The minimum absolute atomic E-state index is 0.131. The molecule has 3 nitrogen and oxygen atoms in total. The molecule has 4 heteroatoms. The number of hydrogen-bond donors (Lipinski definition) is 0. The van der Waals surface area contributed by atoms with Crippen molar-refractivity contribution in [3.05, 3.63) is 186 Å². The number of furan rings is 1. The molecule has 3 heterocycles. The molecule has 2 aliphatic heterocycles. The van der Waals surface area contributed by atoms with Crippen molar-refractivity contribution in [1.29, 1.82) is 0 Å². The number of hydrogen-bond acceptors (Lipinski definition) is 3. The monoisotopic (exact) mass is 816 g/mol. The zero-order valence-electron chi connectivity index (χ0n) is 37.1. The lowest BCUT2D eigenvalue weighted by Gasteiger charge is -2.46. The summed E-state index contributed by atoms with van der Waals surface area (Å²) in [6.45, 7) is 11.2. The Balaban J connectivity index is 1.27. The Labute approximate surface area is 372 Å². The van der Waals surface area contributed by atoms with Gasteiger partial charge in [-0.15, -0.1) is 0 Å². The molecule has 9 aromatic rings. The molecule has 63 heavy (non-hydrogen) atoms. The normalized spacial score (nSPS) is 12.8. The second-order valence-corrected chi connectivity index (χ2v) is 18.0. The van der Waals surface area contributed by atoms with Crippen LogP contribution in [0.5, 0.6) is 0 Å². The van der Waals surface area contributed by atoms with Gasteiger partial charge in [-0.25, -0.2) is 0 Å². The van der Waals surface area contributed by atoms with E-state index in [-0.39, 0.29) is 6.85 Å². The highest BCUT2D eigenvalue weighted by Crippen LogP contribution is 2.51. The predicted molar refractivity (Wildman–Crippen MR) is 270 cm³/mol. The second-order valence-electron chi connectivity index (χ2n) is 18.0. The van der Waals surface area contributed by atoms with Crippen molar-refractivity contribution in [3.8, 4) is 33.4 Å². The number of fused-ring (bicyclic) bond motifs is 7. The summed E-state index contributed by atoms with van der Waals surface area (Å²) < 4.78 is 6.77. The second kappa shape index (κ2) is 15.8. The summed E-state index contributed by atoms with van der Waals surface area (Å²) in [7, 11) is 0. The molecule has 0 saturated carbocycles. The van der Waals surface area contributed by atoms with Crippen LogP contribution < -0.4 is 20.6 Å². The van der Waals surface area contributed by atoms with Crippen LogP contribution in [0.15, 0.2) is 162 Å². The quantitative estimate of drug-likeness (QED) is 0.128. The fourth-order valence-electron chi connectivity index (χ4n) is 10.8. The summed E-state index contributed by atoms with van der Waals surface area (Å²) in [5.41, 5.74) is 24.5. The van der Waals surface area contributed by atoms with E-state index in [4.69, 9.17) is 4.42 Å². The minimum atomic E-state index is -0.131. The van der Waals surface area contributed by atoms with E-state index in [1.54, 1.807) is 0 Å². The van der Waals surface area contributed by atoms with Crippen LogP contribution in [0.2, 0.25) is 0 Å². The first-order chi connectivity index (χ1) is 30.9. The molecule has 1 aromatic heterocycles. The highest BCUT2D eigenvalue weighted by Gasteiger charge is 2.46. The van der Waals surface area contributed by atoms with Crippen LogP contribution in [0.1, 0.15) is 67.3 Å². The summed E-state index contributed by atoms with van der Waals surface area (Å²) in [5, 5.41) is 2.26. The average Bonchev–Trinajstić information content (AvgIpc) is 3.67. The Morgan fingerprint density at radius 3 is 1.97 bits per heavy atom. The Morgan fingerprint density at radius 2 is 1.19 bits per heavy atom. The lowest BCUT2D eigenvalue weighted by atomic mass is 9.43. The van der Waals surface area contributed by atoms with Crippen LogP contribution in [0, 0.1) is 20.8 Å². The number of benzene rings is 8. The first kappa shape index (κ1) is 39.1. The molecule has 0 bridgehead atoms. The summed E-state index contributed by atoms with van der Waals surface area (Å²) in [4.78, 5) is 5.23. The zero-order chi connectivity index (χ0) is 42.8. The number of rotatable bonds is 10. The maximum atomic E-state index is 6.77. The smallest absolute Gasteiger partial charge is 0.333 e. The standard InChI is InChI=1S/C59H53BN2O/c1-6-8-17-41-25-28-45(29-26-41)62-53-23-15-13-21-46(53)50-34-44(58-39(4)31-38(3)32-40(58)5)35-55-59(50)60(62)51-37-57-49(47-22-14-16-24-56(47)63-57)36-54(51)61(55)52-30-27-42(18-9-7-2)33-48(52)43-19-11-10-12-20-43/h10-16,19-37H,6-9,17-18H2,1-5H3. The first-order valence-electron chi connectivity index (χ1n) is 23.1. The third-order valence-electron chi connectivity index (χ3n) is 13.7. The molecule has 2 aliphatic rings. The van der Waals surface area contributed by atoms with Crippen LogP contribution in [-0.4, -0.2) is 6.85 Å². The molecule has 0 atom stereocenters. The number of nitrogens with zero attached hydrogens (tertiary/aromatic N) is 2. The van der Waals surface area contributed by atoms with Gasteiger partial charge in [0.2, 0.25) is 0 Å². The van der Waals surface area contributed by atoms with Crippen molar-refractivity contribution in [1.82, 2.24) is 0 Å². The van der Waals surface area contributed by atoms with Crippen LogP contribution in [0.4, 0.5) is 28.4 Å². The van der Waals surface area contributed by atoms with Crippen molar-refractivity contribution in [2.45, 2.75) is 73.1 Å². The molecule has 308 valence electrons. The molecule has 8 aromatic carbocycles. The van der Waals surface area contributed by atoms with Crippen LogP contribution in [0.25, 0.3) is 55.3 Å². The van der Waals surface area contributed by atoms with Gasteiger partial charge in [0.05, 0.1) is 5.69 Å². The Bertz CT molecular complexity index is 3180. The van der Waals surface area contributed by atoms with E-state index in [2.05, 4.69) is 202 Å². The summed E-state index contributed by atoms with van der Waals surface area (Å²) in [5.74, 6) is 0. The van der Waals surface area contributed by atoms with E-state index in [9.17, 15) is 0 Å². The fraction of sp³-hybridized carbons (Fsp3) is 0.186. The summed E-state index contributed by atoms with van der Waals surface area (Å²) in [6.07, 6.45) is 6.84. The summed E-state index contributed by atoms with van der Waals surface area (Å²) in [6, 6.07) is 59.7. The van der Waals surface area contributed by atoms with Crippen molar-refractivity contribution in [2.24, 2.45) is 0 Å². The zero-order valence-corrected chi connectivity index (χ0v) is 37.1. The molecule has 0 unspecified atom stereocenters. The van der Waals surface area contributed by atoms with Crippen molar-refractivity contribution in [2.75, 3.05) is 9.71 Å². The number of aryl methyl sites for hydroxylation is 5. The van der Waals surface area contributed by atoms with Crippen molar-refractivity contribution < 1.29 is 4.42 Å². The van der Waals surface area contributed by atoms with Crippen LogP contribution >= 0.6 is 0 Å². The van der Waals surface area contributed by atoms with E-state index in [0.29, 0.717) is 0 Å². The fourth-order valence-corrected chi connectivity index (χ4v) is 10.8. The number of unbranched alkanes of at least 4 members (excludes halogenated alkanes) is 2. The van der Waals surface area contributed by atoms with Crippen LogP contribution in [-0.2, 0) is 12.8 Å². The van der Waals surface area contributed by atoms with Gasteiger partial charge in [-0.1, -0.05) is 129 Å². The Kier molecular flexibility index (Phi) is 9.83. The van der Waals surface area contributed by atoms with Crippen molar-refractivity contribution in [3.63, 3.8) is 0 Å². The van der Waals surface area contributed by atoms with E-state index in [1.165, 1.54) is 113 Å². The maximum Gasteiger partial charge on any atom is 0.333 e. The van der Waals surface area contributed by atoms with E-state index in [1.807, 2.05) is 0 Å².